The second-order valence-electron chi connectivity index (χ2n) is 8.80. The summed E-state index contributed by atoms with van der Waals surface area (Å²) < 4.78 is 0. The lowest BCUT2D eigenvalue weighted by molar-refractivity contribution is -0.123. The number of carbonyl (C=O) groups is 1. The molecule has 1 saturated heterocycles. The lowest BCUT2D eigenvalue weighted by Gasteiger charge is -2.38. The number of aryl methyl sites for hydroxylation is 1. The normalized spacial score (nSPS) is 27.0. The van der Waals surface area contributed by atoms with E-state index in [4.69, 9.17) is 0 Å². The highest BCUT2D eigenvalue weighted by Crippen LogP contribution is 2.58. The van der Waals surface area contributed by atoms with Crippen LogP contribution in [0, 0.1) is 18.3 Å². The van der Waals surface area contributed by atoms with Gasteiger partial charge in [0, 0.05) is 17.9 Å². The average Bonchev–Trinajstić information content (AvgIpc) is 3.34. The molecule has 0 bridgehead atoms. The first kappa shape index (κ1) is 17.1. The Morgan fingerprint density at radius 2 is 1.92 bits per heavy atom. The number of nitrogens with one attached hydrogen (secondary N) is 2. The van der Waals surface area contributed by atoms with E-state index in [9.17, 15) is 4.79 Å². The topological polar surface area (TPSA) is 41.1 Å². The van der Waals surface area contributed by atoms with E-state index in [2.05, 4.69) is 41.8 Å². The number of hydrogen-bond donors (Lipinski definition) is 2. The molecule has 2 saturated carbocycles. The van der Waals surface area contributed by atoms with Crippen LogP contribution in [0.15, 0.2) is 24.3 Å². The molecule has 1 aliphatic heterocycles. The van der Waals surface area contributed by atoms with E-state index in [1.54, 1.807) is 0 Å². The smallest absolute Gasteiger partial charge is 0.223 e. The van der Waals surface area contributed by atoms with Gasteiger partial charge in [0.25, 0.3) is 0 Å². The summed E-state index contributed by atoms with van der Waals surface area (Å²) in [5.74, 6) is 0.590. The van der Waals surface area contributed by atoms with Gasteiger partial charge in [0.15, 0.2) is 0 Å². The van der Waals surface area contributed by atoms with Crippen LogP contribution in [0.25, 0.3) is 0 Å². The maximum atomic E-state index is 12.8. The van der Waals surface area contributed by atoms with Crippen LogP contribution in [0.1, 0.15) is 62.5 Å². The Labute approximate surface area is 152 Å². The molecule has 1 spiro atoms. The van der Waals surface area contributed by atoms with E-state index >= 15 is 0 Å². The zero-order valence-corrected chi connectivity index (χ0v) is 15.6. The summed E-state index contributed by atoms with van der Waals surface area (Å²) in [4.78, 5) is 12.8. The Morgan fingerprint density at radius 1 is 1.16 bits per heavy atom. The standard InChI is InChI=1S/C22H32N2O/c1-17-6-5-7-18(14-17)22(8-3-2-4-9-22)16-24-20(25)19-15-21(19)10-12-23-13-11-21/h5-7,14,19,23H,2-4,8-13,15-16H2,1H3,(H,24,25). The summed E-state index contributed by atoms with van der Waals surface area (Å²) in [6.45, 7) is 5.15. The number of piperidine rings is 1. The van der Waals surface area contributed by atoms with E-state index in [0.717, 1.165) is 26.1 Å². The molecule has 0 aromatic heterocycles. The van der Waals surface area contributed by atoms with Crippen LogP contribution in [0.4, 0.5) is 0 Å². The van der Waals surface area contributed by atoms with Crippen molar-refractivity contribution in [3.63, 3.8) is 0 Å². The number of benzene rings is 1. The van der Waals surface area contributed by atoms with Gasteiger partial charge in [0.05, 0.1) is 0 Å². The predicted molar refractivity (Wildman–Crippen MR) is 102 cm³/mol. The van der Waals surface area contributed by atoms with Gasteiger partial charge in [-0.3, -0.25) is 4.79 Å². The van der Waals surface area contributed by atoms with Crippen LogP contribution >= 0.6 is 0 Å². The second kappa shape index (κ2) is 6.75. The van der Waals surface area contributed by atoms with Crippen molar-refractivity contribution >= 4 is 5.91 Å². The Morgan fingerprint density at radius 3 is 2.64 bits per heavy atom. The summed E-state index contributed by atoms with van der Waals surface area (Å²) in [6, 6.07) is 8.95. The molecule has 4 rings (SSSR count). The van der Waals surface area contributed by atoms with Crippen LogP contribution in [-0.4, -0.2) is 25.5 Å². The Balaban J connectivity index is 1.44. The van der Waals surface area contributed by atoms with Crippen LogP contribution < -0.4 is 10.6 Å². The zero-order valence-electron chi connectivity index (χ0n) is 15.6. The van der Waals surface area contributed by atoms with Gasteiger partial charge in [-0.15, -0.1) is 0 Å². The van der Waals surface area contributed by atoms with E-state index in [1.165, 1.54) is 56.1 Å². The average molecular weight is 341 g/mol. The largest absolute Gasteiger partial charge is 0.355 e. The maximum Gasteiger partial charge on any atom is 0.223 e. The molecule has 3 fully saturated rings. The Kier molecular flexibility index (Phi) is 4.61. The van der Waals surface area contributed by atoms with Gasteiger partial charge in [0.1, 0.15) is 0 Å². The first-order chi connectivity index (χ1) is 12.1. The fourth-order valence-electron chi connectivity index (χ4n) is 5.35. The molecule has 0 radical (unpaired) electrons. The molecule has 1 aromatic carbocycles. The SMILES string of the molecule is Cc1cccc(C2(CNC(=O)C3CC34CCNCC4)CCCCC2)c1. The van der Waals surface area contributed by atoms with Crippen LogP contribution in [-0.2, 0) is 10.2 Å². The number of rotatable bonds is 4. The van der Waals surface area contributed by atoms with Gasteiger partial charge >= 0.3 is 0 Å². The maximum absolute atomic E-state index is 12.8. The molecule has 2 N–H and O–H groups in total. The van der Waals surface area contributed by atoms with Crippen LogP contribution in [0.5, 0.6) is 0 Å². The molecule has 1 unspecified atom stereocenters. The molecule has 3 heteroatoms. The summed E-state index contributed by atoms with van der Waals surface area (Å²) in [5, 5.41) is 6.81. The molecule has 1 amide bonds. The number of hydrogen-bond acceptors (Lipinski definition) is 2. The van der Waals surface area contributed by atoms with Gasteiger partial charge in [-0.25, -0.2) is 0 Å². The van der Waals surface area contributed by atoms with Crippen molar-refractivity contribution < 1.29 is 4.79 Å². The third-order valence-corrected chi connectivity index (χ3v) is 7.15. The van der Waals surface area contributed by atoms with Crippen molar-refractivity contribution in [1.82, 2.24) is 10.6 Å². The van der Waals surface area contributed by atoms with E-state index in [0.29, 0.717) is 11.3 Å². The third-order valence-electron chi connectivity index (χ3n) is 7.15. The van der Waals surface area contributed by atoms with Crippen molar-refractivity contribution in [2.75, 3.05) is 19.6 Å². The monoisotopic (exact) mass is 340 g/mol. The minimum Gasteiger partial charge on any atom is -0.355 e. The third kappa shape index (κ3) is 3.36. The first-order valence-corrected chi connectivity index (χ1v) is 10.2. The van der Waals surface area contributed by atoms with Gasteiger partial charge in [-0.1, -0.05) is 49.1 Å². The highest BCUT2D eigenvalue weighted by atomic mass is 16.2. The minimum absolute atomic E-state index is 0.149. The molecule has 1 aromatic rings. The molecule has 25 heavy (non-hydrogen) atoms. The highest BCUT2D eigenvalue weighted by Gasteiger charge is 2.57. The minimum atomic E-state index is 0.149. The van der Waals surface area contributed by atoms with Crippen molar-refractivity contribution in [2.45, 2.75) is 63.7 Å². The van der Waals surface area contributed by atoms with E-state index in [1.807, 2.05) is 0 Å². The molecule has 3 aliphatic rings. The Bertz CT molecular complexity index is 627. The van der Waals surface area contributed by atoms with Gasteiger partial charge < -0.3 is 10.6 Å². The highest BCUT2D eigenvalue weighted by molar-refractivity contribution is 5.82. The fourth-order valence-corrected chi connectivity index (χ4v) is 5.35. The first-order valence-electron chi connectivity index (χ1n) is 10.2. The van der Waals surface area contributed by atoms with Crippen LogP contribution in [0.3, 0.4) is 0 Å². The molecule has 1 atom stereocenters. The van der Waals surface area contributed by atoms with Gasteiger partial charge in [-0.05, 0) is 63.1 Å². The molecule has 2 aliphatic carbocycles. The number of amides is 1. The van der Waals surface area contributed by atoms with Gasteiger partial charge in [-0.2, -0.15) is 0 Å². The van der Waals surface area contributed by atoms with Crippen molar-refractivity contribution in [3.8, 4) is 0 Å². The molecular formula is C22H32N2O. The molecule has 1 heterocycles. The zero-order chi connectivity index (χ0) is 17.3. The number of carbonyl (C=O) groups excluding carboxylic acids is 1. The molecule has 136 valence electrons. The summed E-state index contributed by atoms with van der Waals surface area (Å²) in [7, 11) is 0. The summed E-state index contributed by atoms with van der Waals surface area (Å²) in [5.41, 5.74) is 3.23. The molecule has 3 nitrogen and oxygen atoms in total. The van der Waals surface area contributed by atoms with E-state index in [-0.39, 0.29) is 11.3 Å². The fraction of sp³-hybridized carbons (Fsp3) is 0.682. The molecular weight excluding hydrogens is 308 g/mol. The van der Waals surface area contributed by atoms with Crippen molar-refractivity contribution in [2.24, 2.45) is 11.3 Å². The van der Waals surface area contributed by atoms with Gasteiger partial charge in [0.2, 0.25) is 5.91 Å². The summed E-state index contributed by atoms with van der Waals surface area (Å²) >= 11 is 0. The lowest BCUT2D eigenvalue weighted by atomic mass is 9.69. The lowest BCUT2D eigenvalue weighted by Crippen LogP contribution is -2.43. The predicted octanol–water partition coefficient (Wildman–Crippen LogP) is 3.70. The van der Waals surface area contributed by atoms with E-state index < -0.39 is 0 Å². The van der Waals surface area contributed by atoms with Crippen molar-refractivity contribution in [1.29, 1.82) is 0 Å². The quantitative estimate of drug-likeness (QED) is 0.877. The van der Waals surface area contributed by atoms with Crippen LogP contribution in [0.2, 0.25) is 0 Å². The Hall–Kier alpha value is -1.35. The summed E-state index contributed by atoms with van der Waals surface area (Å²) in [6.07, 6.45) is 9.76. The van der Waals surface area contributed by atoms with Crippen molar-refractivity contribution in [3.05, 3.63) is 35.4 Å². The second-order valence-corrected chi connectivity index (χ2v) is 8.80.